The molecule has 1 aromatic heterocycles. The van der Waals surface area contributed by atoms with Gasteiger partial charge in [-0.25, -0.2) is 4.99 Å². The van der Waals surface area contributed by atoms with E-state index in [9.17, 15) is 9.59 Å². The van der Waals surface area contributed by atoms with Crippen LogP contribution in [0.2, 0.25) is 0 Å². The molecule has 3 rings (SSSR count). The zero-order chi connectivity index (χ0) is 18.0. The van der Waals surface area contributed by atoms with Crippen LogP contribution in [0.15, 0.2) is 35.5 Å². The number of carbonyl (C=O) groups excluding carboxylic acids is 1. The molecule has 1 aliphatic heterocycles. The van der Waals surface area contributed by atoms with Gasteiger partial charge in [-0.1, -0.05) is 18.2 Å². The molecule has 128 valence electrons. The van der Waals surface area contributed by atoms with Crippen LogP contribution in [-0.4, -0.2) is 45.4 Å². The number of H-pyrrole nitrogens is 1. The molecule has 8 nitrogen and oxygen atoms in total. The highest BCUT2D eigenvalue weighted by molar-refractivity contribution is 6.06. The third-order valence-electron chi connectivity index (χ3n) is 4.35. The summed E-state index contributed by atoms with van der Waals surface area (Å²) in [5.41, 5.74) is 2.04. The second-order valence-corrected chi connectivity index (χ2v) is 5.86. The van der Waals surface area contributed by atoms with Crippen molar-refractivity contribution in [2.45, 2.75) is 19.4 Å². The maximum absolute atomic E-state index is 12.6. The summed E-state index contributed by atoms with van der Waals surface area (Å²) in [5.74, 6) is -2.36. The van der Waals surface area contributed by atoms with Crippen molar-refractivity contribution in [2.24, 2.45) is 10.9 Å². The van der Waals surface area contributed by atoms with Crippen molar-refractivity contribution in [3.63, 3.8) is 0 Å². The molecule has 0 bridgehead atoms. The number of carboxylic acid groups (broad SMARTS) is 1. The topological polar surface area (TPSA) is 122 Å². The number of carboxylic acids is 1. The number of hydrogen-bond acceptors (Lipinski definition) is 5. The second kappa shape index (κ2) is 6.65. The SMILES string of the molecule is CC(C(=O)O)C1N=C(NC#N)N(CCc2c[nH]c3ccccc23)C1=O. The largest absolute Gasteiger partial charge is 0.481 e. The van der Waals surface area contributed by atoms with Crippen LogP contribution >= 0.6 is 0 Å². The lowest BCUT2D eigenvalue weighted by atomic mass is 10.0. The molecule has 0 spiro atoms. The number of hydrogen-bond donors (Lipinski definition) is 3. The molecule has 1 amide bonds. The molecule has 2 aromatic rings. The van der Waals surface area contributed by atoms with Crippen LogP contribution in [0.25, 0.3) is 10.9 Å². The second-order valence-electron chi connectivity index (χ2n) is 5.86. The number of nitrogens with one attached hydrogen (secondary N) is 2. The highest BCUT2D eigenvalue weighted by Crippen LogP contribution is 2.21. The summed E-state index contributed by atoms with van der Waals surface area (Å²) in [6, 6.07) is 6.82. The smallest absolute Gasteiger partial charge is 0.308 e. The van der Waals surface area contributed by atoms with Crippen LogP contribution < -0.4 is 5.32 Å². The number of nitriles is 1. The fourth-order valence-corrected chi connectivity index (χ4v) is 2.92. The Morgan fingerprint density at radius 1 is 1.52 bits per heavy atom. The third-order valence-corrected chi connectivity index (χ3v) is 4.35. The van der Waals surface area contributed by atoms with E-state index in [0.29, 0.717) is 13.0 Å². The number of para-hydroxylation sites is 1. The normalized spacial score (nSPS) is 18.1. The van der Waals surface area contributed by atoms with Gasteiger partial charge < -0.3 is 10.1 Å². The molecule has 0 radical (unpaired) electrons. The van der Waals surface area contributed by atoms with Crippen molar-refractivity contribution in [1.29, 1.82) is 5.26 Å². The Morgan fingerprint density at radius 3 is 3.00 bits per heavy atom. The van der Waals surface area contributed by atoms with Crippen LogP contribution in [0.4, 0.5) is 0 Å². The van der Waals surface area contributed by atoms with Crippen LogP contribution in [0, 0.1) is 17.4 Å². The molecular weight excluding hydrogens is 322 g/mol. The average Bonchev–Trinajstić information content (AvgIpc) is 3.14. The van der Waals surface area contributed by atoms with Crippen molar-refractivity contribution >= 4 is 28.7 Å². The van der Waals surface area contributed by atoms with Crippen LogP contribution in [0.3, 0.4) is 0 Å². The van der Waals surface area contributed by atoms with E-state index in [2.05, 4.69) is 15.3 Å². The van der Waals surface area contributed by atoms with E-state index in [1.165, 1.54) is 11.8 Å². The van der Waals surface area contributed by atoms with Crippen LogP contribution in [0.1, 0.15) is 12.5 Å². The number of fused-ring (bicyclic) bond motifs is 1. The van der Waals surface area contributed by atoms with Crippen molar-refractivity contribution in [3.8, 4) is 6.19 Å². The average molecular weight is 339 g/mol. The molecule has 1 aromatic carbocycles. The first kappa shape index (κ1) is 16.5. The highest BCUT2D eigenvalue weighted by atomic mass is 16.4. The predicted molar refractivity (Wildman–Crippen MR) is 90.5 cm³/mol. The number of benzene rings is 1. The van der Waals surface area contributed by atoms with E-state index in [4.69, 9.17) is 10.4 Å². The number of carbonyl (C=O) groups is 2. The number of aliphatic imine (C=N–C) groups is 1. The Labute approximate surface area is 143 Å². The molecule has 2 unspecified atom stereocenters. The van der Waals surface area contributed by atoms with Gasteiger partial charge in [-0.3, -0.25) is 19.8 Å². The van der Waals surface area contributed by atoms with Gasteiger partial charge in [0.15, 0.2) is 6.19 Å². The van der Waals surface area contributed by atoms with Gasteiger partial charge in [0.05, 0.1) is 5.92 Å². The first-order valence-electron chi connectivity index (χ1n) is 7.85. The van der Waals surface area contributed by atoms with Crippen molar-refractivity contribution in [2.75, 3.05) is 6.54 Å². The van der Waals surface area contributed by atoms with Gasteiger partial charge in [-0.2, -0.15) is 5.26 Å². The first-order chi connectivity index (χ1) is 12.0. The Kier molecular flexibility index (Phi) is 4.39. The van der Waals surface area contributed by atoms with Crippen molar-refractivity contribution in [1.82, 2.24) is 15.2 Å². The van der Waals surface area contributed by atoms with E-state index in [1.807, 2.05) is 30.5 Å². The lowest BCUT2D eigenvalue weighted by Crippen LogP contribution is -2.43. The lowest BCUT2D eigenvalue weighted by molar-refractivity contribution is -0.144. The summed E-state index contributed by atoms with van der Waals surface area (Å²) < 4.78 is 0. The van der Waals surface area contributed by atoms with E-state index in [1.54, 1.807) is 6.19 Å². The van der Waals surface area contributed by atoms with Gasteiger partial charge in [0.1, 0.15) is 6.04 Å². The van der Waals surface area contributed by atoms with Crippen molar-refractivity contribution < 1.29 is 14.7 Å². The summed E-state index contributed by atoms with van der Waals surface area (Å²) in [5, 5.41) is 21.4. The Bertz CT molecular complexity index is 895. The van der Waals surface area contributed by atoms with E-state index < -0.39 is 23.8 Å². The van der Waals surface area contributed by atoms with Crippen LogP contribution in [-0.2, 0) is 16.0 Å². The Morgan fingerprint density at radius 2 is 2.28 bits per heavy atom. The number of aromatic nitrogens is 1. The first-order valence-corrected chi connectivity index (χ1v) is 7.85. The number of nitrogens with zero attached hydrogens (tertiary/aromatic N) is 3. The highest BCUT2D eigenvalue weighted by Gasteiger charge is 2.40. The zero-order valence-electron chi connectivity index (χ0n) is 13.6. The number of aliphatic carboxylic acids is 1. The fraction of sp³-hybridized carbons (Fsp3) is 0.294. The molecule has 2 heterocycles. The molecule has 1 aliphatic rings. The maximum Gasteiger partial charge on any atom is 0.308 e. The number of amides is 1. The van der Waals surface area contributed by atoms with Crippen LogP contribution in [0.5, 0.6) is 0 Å². The molecule has 0 saturated heterocycles. The molecule has 8 heteroatoms. The number of aromatic amines is 1. The molecule has 3 N–H and O–H groups in total. The Hall–Kier alpha value is -3.34. The van der Waals surface area contributed by atoms with Gasteiger partial charge in [0, 0.05) is 23.6 Å². The Balaban J connectivity index is 1.79. The maximum atomic E-state index is 12.6. The molecule has 0 aliphatic carbocycles. The summed E-state index contributed by atoms with van der Waals surface area (Å²) in [7, 11) is 0. The molecule has 0 saturated carbocycles. The minimum absolute atomic E-state index is 0.102. The van der Waals surface area contributed by atoms with Crippen molar-refractivity contribution in [3.05, 3.63) is 36.0 Å². The van der Waals surface area contributed by atoms with E-state index in [0.717, 1.165) is 16.5 Å². The molecular formula is C17H17N5O3. The quantitative estimate of drug-likeness (QED) is 0.555. The van der Waals surface area contributed by atoms with E-state index >= 15 is 0 Å². The zero-order valence-corrected chi connectivity index (χ0v) is 13.6. The molecule has 0 fully saturated rings. The summed E-state index contributed by atoms with van der Waals surface area (Å²) in [6.07, 6.45) is 4.18. The van der Waals surface area contributed by atoms with Gasteiger partial charge >= 0.3 is 5.97 Å². The number of guanidine groups is 1. The minimum atomic E-state index is -1.10. The fourth-order valence-electron chi connectivity index (χ4n) is 2.92. The summed E-state index contributed by atoms with van der Waals surface area (Å²) in [6.45, 7) is 1.73. The minimum Gasteiger partial charge on any atom is -0.481 e. The standard InChI is InChI=1S/C17H17N5O3/c1-10(16(24)25)14-15(23)22(17(21-14)20-9-18)7-6-11-8-19-13-5-3-2-4-12(11)13/h2-5,8,10,14,19H,6-7H2,1H3,(H,20,21)(H,24,25). The third kappa shape index (κ3) is 3.04. The number of rotatable bonds is 5. The molecule has 25 heavy (non-hydrogen) atoms. The molecule has 2 atom stereocenters. The van der Waals surface area contributed by atoms with E-state index in [-0.39, 0.29) is 5.96 Å². The van der Waals surface area contributed by atoms with Gasteiger partial charge in [-0.05, 0) is 25.0 Å². The predicted octanol–water partition coefficient (Wildman–Crippen LogP) is 1.07. The lowest BCUT2D eigenvalue weighted by Gasteiger charge is -2.18. The summed E-state index contributed by atoms with van der Waals surface area (Å²) >= 11 is 0. The van der Waals surface area contributed by atoms with Gasteiger partial charge in [-0.15, -0.1) is 0 Å². The van der Waals surface area contributed by atoms with Gasteiger partial charge in [0.2, 0.25) is 5.96 Å². The van der Waals surface area contributed by atoms with Gasteiger partial charge in [0.25, 0.3) is 5.91 Å². The summed E-state index contributed by atoms with van der Waals surface area (Å²) in [4.78, 5) is 32.3. The monoisotopic (exact) mass is 339 g/mol.